The third kappa shape index (κ3) is 3.47. The molecule has 0 radical (unpaired) electrons. The van der Waals surface area contributed by atoms with Crippen molar-refractivity contribution in [3.63, 3.8) is 0 Å². The summed E-state index contributed by atoms with van der Waals surface area (Å²) in [6, 6.07) is 6.35. The van der Waals surface area contributed by atoms with E-state index < -0.39 is 17.6 Å². The second kappa shape index (κ2) is 4.57. The molecule has 1 rings (SSSR count). The highest BCUT2D eigenvalue weighted by Crippen LogP contribution is 2.23. The number of rotatable bonds is 4. The Kier molecular flexibility index (Phi) is 3.63. The molecule has 1 aromatic rings. The smallest absolute Gasteiger partial charge is 0.380 e. The number of ketones is 1. The van der Waals surface area contributed by atoms with E-state index in [2.05, 4.69) is 11.6 Å². The number of carbonyl (C=O) groups is 1. The van der Waals surface area contributed by atoms with E-state index in [0.29, 0.717) is 11.3 Å². The fourth-order valence-electron chi connectivity index (χ4n) is 1.07. The summed E-state index contributed by atoms with van der Waals surface area (Å²) in [5, 5.41) is -3.80. The average molecular weight is 235 g/mol. The molecule has 0 spiro atoms. The Morgan fingerprint density at radius 3 is 2.73 bits per heavy atom. The van der Waals surface area contributed by atoms with Crippen molar-refractivity contribution in [1.82, 2.24) is 0 Å². The number of ether oxygens (including phenoxy) is 1. The molecule has 0 N–H and O–H groups in total. The standard InChI is InChI=1S/C10H9ClF2O2/c1-15-8-4-2-3-7(5-8)6-9(14)10(11,12)13/h2-5H,6H2,1H3. The molecule has 0 unspecified atom stereocenters. The molecule has 0 aliphatic carbocycles. The van der Waals surface area contributed by atoms with Crippen LogP contribution in [0.25, 0.3) is 0 Å². The predicted molar refractivity (Wildman–Crippen MR) is 52.5 cm³/mol. The molecule has 0 heterocycles. The van der Waals surface area contributed by atoms with Crippen molar-refractivity contribution in [3.05, 3.63) is 29.8 Å². The van der Waals surface area contributed by atoms with Crippen LogP contribution < -0.4 is 4.74 Å². The van der Waals surface area contributed by atoms with Gasteiger partial charge in [-0.2, -0.15) is 8.78 Å². The number of halogens is 3. The quantitative estimate of drug-likeness (QED) is 0.749. The van der Waals surface area contributed by atoms with E-state index in [1.54, 1.807) is 18.2 Å². The van der Waals surface area contributed by atoms with Crippen LogP contribution >= 0.6 is 11.6 Å². The monoisotopic (exact) mass is 234 g/mol. The highest BCUT2D eigenvalue weighted by molar-refractivity contribution is 6.32. The Balaban J connectivity index is 2.77. The predicted octanol–water partition coefficient (Wildman–Crippen LogP) is 2.64. The second-order valence-corrected chi connectivity index (χ2v) is 3.42. The first-order valence-electron chi connectivity index (χ1n) is 4.16. The van der Waals surface area contributed by atoms with E-state index in [1.807, 2.05) is 0 Å². The first kappa shape index (κ1) is 11.9. The molecular weight excluding hydrogens is 226 g/mol. The van der Waals surface area contributed by atoms with Gasteiger partial charge in [-0.3, -0.25) is 4.79 Å². The van der Waals surface area contributed by atoms with E-state index in [9.17, 15) is 13.6 Å². The van der Waals surface area contributed by atoms with Crippen molar-refractivity contribution in [1.29, 1.82) is 0 Å². The number of carbonyl (C=O) groups excluding carboxylic acids is 1. The van der Waals surface area contributed by atoms with E-state index in [0.717, 1.165) is 0 Å². The van der Waals surface area contributed by atoms with Crippen LogP contribution in [0.4, 0.5) is 8.78 Å². The first-order valence-corrected chi connectivity index (χ1v) is 4.54. The van der Waals surface area contributed by atoms with E-state index in [4.69, 9.17) is 4.74 Å². The van der Waals surface area contributed by atoms with E-state index in [-0.39, 0.29) is 0 Å². The fraction of sp³-hybridized carbons (Fsp3) is 0.300. The van der Waals surface area contributed by atoms with Gasteiger partial charge in [-0.15, -0.1) is 0 Å². The zero-order chi connectivity index (χ0) is 11.5. The highest BCUT2D eigenvalue weighted by atomic mass is 35.5. The van der Waals surface area contributed by atoms with Crippen LogP contribution in [0.2, 0.25) is 0 Å². The Bertz CT molecular complexity index is 361. The van der Waals surface area contributed by atoms with Gasteiger partial charge in [0.25, 0.3) is 0 Å². The molecule has 82 valence electrons. The Morgan fingerprint density at radius 1 is 1.53 bits per heavy atom. The normalized spacial score (nSPS) is 11.2. The molecule has 0 bridgehead atoms. The molecule has 0 amide bonds. The summed E-state index contributed by atoms with van der Waals surface area (Å²) in [5.41, 5.74) is 0.444. The molecule has 1 aromatic carbocycles. The second-order valence-electron chi connectivity index (χ2n) is 2.95. The van der Waals surface area contributed by atoms with Gasteiger partial charge in [0.2, 0.25) is 5.78 Å². The van der Waals surface area contributed by atoms with Gasteiger partial charge in [-0.25, -0.2) is 0 Å². The lowest BCUT2D eigenvalue weighted by molar-refractivity contribution is -0.132. The third-order valence-corrected chi connectivity index (χ3v) is 2.03. The lowest BCUT2D eigenvalue weighted by Gasteiger charge is -2.07. The lowest BCUT2D eigenvalue weighted by Crippen LogP contribution is -2.23. The van der Waals surface area contributed by atoms with Gasteiger partial charge < -0.3 is 4.74 Å². The van der Waals surface area contributed by atoms with Gasteiger partial charge in [0.15, 0.2) is 0 Å². The molecule has 0 aliphatic rings. The summed E-state index contributed by atoms with van der Waals surface area (Å²) in [5.74, 6) is -0.810. The SMILES string of the molecule is COc1cccc(CC(=O)C(F)(F)Cl)c1. The van der Waals surface area contributed by atoms with E-state index in [1.165, 1.54) is 13.2 Å². The first-order chi connectivity index (χ1) is 6.93. The molecule has 0 aliphatic heterocycles. The van der Waals surface area contributed by atoms with Crippen LogP contribution in [0.15, 0.2) is 24.3 Å². The number of alkyl halides is 3. The maximum absolute atomic E-state index is 12.4. The van der Waals surface area contributed by atoms with Crippen LogP contribution in [0.1, 0.15) is 5.56 Å². The van der Waals surface area contributed by atoms with Crippen molar-refractivity contribution in [2.24, 2.45) is 0 Å². The molecule has 0 saturated carbocycles. The van der Waals surface area contributed by atoms with Crippen molar-refractivity contribution in [2.75, 3.05) is 7.11 Å². The molecular formula is C10H9ClF2O2. The maximum atomic E-state index is 12.4. The zero-order valence-electron chi connectivity index (χ0n) is 7.97. The number of Topliss-reactive ketones (excluding diaryl/α,β-unsaturated/α-hetero) is 1. The van der Waals surface area contributed by atoms with Crippen LogP contribution in [-0.2, 0) is 11.2 Å². The van der Waals surface area contributed by atoms with Crippen LogP contribution in [0.5, 0.6) is 5.75 Å². The molecule has 0 fully saturated rings. The van der Waals surface area contributed by atoms with Crippen LogP contribution in [0.3, 0.4) is 0 Å². The molecule has 15 heavy (non-hydrogen) atoms. The maximum Gasteiger partial charge on any atom is 0.380 e. The molecule has 5 heteroatoms. The van der Waals surface area contributed by atoms with Crippen molar-refractivity contribution in [2.45, 2.75) is 11.8 Å². The van der Waals surface area contributed by atoms with Crippen LogP contribution in [-0.4, -0.2) is 18.3 Å². The highest BCUT2D eigenvalue weighted by Gasteiger charge is 2.34. The Hall–Kier alpha value is -1.16. The molecule has 0 saturated heterocycles. The van der Waals surface area contributed by atoms with Gasteiger partial charge in [-0.05, 0) is 29.3 Å². The Labute approximate surface area is 90.8 Å². The summed E-state index contributed by atoms with van der Waals surface area (Å²) in [7, 11) is 1.46. The molecule has 2 nitrogen and oxygen atoms in total. The minimum Gasteiger partial charge on any atom is -0.497 e. The van der Waals surface area contributed by atoms with Crippen LogP contribution in [0, 0.1) is 0 Å². The third-order valence-electron chi connectivity index (χ3n) is 1.82. The summed E-state index contributed by atoms with van der Waals surface area (Å²) < 4.78 is 29.6. The van der Waals surface area contributed by atoms with E-state index >= 15 is 0 Å². The molecule has 0 atom stereocenters. The van der Waals surface area contributed by atoms with Crippen molar-refractivity contribution < 1.29 is 18.3 Å². The number of hydrogen-bond donors (Lipinski definition) is 0. The average Bonchev–Trinajstić information content (AvgIpc) is 2.16. The summed E-state index contributed by atoms with van der Waals surface area (Å²) in [4.78, 5) is 10.9. The summed E-state index contributed by atoms with van der Waals surface area (Å²) in [6.07, 6.45) is -0.409. The largest absolute Gasteiger partial charge is 0.497 e. The number of methoxy groups -OCH3 is 1. The number of hydrogen-bond acceptors (Lipinski definition) is 2. The van der Waals surface area contributed by atoms with Gasteiger partial charge in [0.1, 0.15) is 5.75 Å². The van der Waals surface area contributed by atoms with Gasteiger partial charge >= 0.3 is 5.38 Å². The summed E-state index contributed by atoms with van der Waals surface area (Å²) in [6.45, 7) is 0. The van der Waals surface area contributed by atoms with Gasteiger partial charge in [0.05, 0.1) is 7.11 Å². The fourth-order valence-corrected chi connectivity index (χ4v) is 1.13. The minimum absolute atomic E-state index is 0.409. The molecule has 0 aromatic heterocycles. The lowest BCUT2D eigenvalue weighted by atomic mass is 10.1. The minimum atomic E-state index is -3.80. The Morgan fingerprint density at radius 2 is 2.20 bits per heavy atom. The van der Waals surface area contributed by atoms with Crippen molar-refractivity contribution in [3.8, 4) is 5.75 Å². The summed E-state index contributed by atoms with van der Waals surface area (Å²) >= 11 is 4.59. The topological polar surface area (TPSA) is 26.3 Å². The van der Waals surface area contributed by atoms with Gasteiger partial charge in [0, 0.05) is 6.42 Å². The number of benzene rings is 1. The van der Waals surface area contributed by atoms with Crippen molar-refractivity contribution >= 4 is 17.4 Å². The van der Waals surface area contributed by atoms with Gasteiger partial charge in [-0.1, -0.05) is 12.1 Å². The zero-order valence-corrected chi connectivity index (χ0v) is 8.72.